The second kappa shape index (κ2) is 16.2. The summed E-state index contributed by atoms with van der Waals surface area (Å²) in [6.45, 7) is 10.3. The maximum absolute atomic E-state index is 12.7. The number of allylic oxidation sites excluding steroid dienone is 2. The topological polar surface area (TPSA) is 127 Å². The van der Waals surface area contributed by atoms with Gasteiger partial charge in [-0.2, -0.15) is 11.8 Å². The molecule has 242 valence electrons. The second-order valence-corrected chi connectivity index (χ2v) is 13.1. The molecule has 3 rings (SSSR count). The summed E-state index contributed by atoms with van der Waals surface area (Å²) in [6.07, 6.45) is 10.9. The molecule has 3 fully saturated rings. The fourth-order valence-electron chi connectivity index (χ4n) is 5.59. The van der Waals surface area contributed by atoms with E-state index in [0.29, 0.717) is 26.0 Å². The van der Waals surface area contributed by atoms with E-state index in [1.54, 1.807) is 29.7 Å². The number of amides is 2. The van der Waals surface area contributed by atoms with Crippen LogP contribution in [0.1, 0.15) is 60.3 Å². The number of epoxide rings is 1. The van der Waals surface area contributed by atoms with Crippen molar-refractivity contribution >= 4 is 29.5 Å². The first-order valence-corrected chi connectivity index (χ1v) is 16.6. The molecular weight excluding hydrogens is 572 g/mol. The smallest absolute Gasteiger partial charge is 0.303 e. The minimum Gasteiger partial charge on any atom is -0.459 e. The lowest BCUT2D eigenvalue weighted by Crippen LogP contribution is -2.51. The van der Waals surface area contributed by atoms with Crippen LogP contribution in [0, 0.1) is 5.92 Å². The van der Waals surface area contributed by atoms with Crippen molar-refractivity contribution < 1.29 is 38.4 Å². The Kier molecular flexibility index (Phi) is 13.3. The SMILES string of the molecule is CSCCN(C)C(=O)C[C@@H]1C[C@@]2(CO2)[C@H](O)[C@@H](/C=C/C(C)=C/C[C@@H]2O[C@H](C)[C@H](NC(=O)C=CC(C)OC(C)=O)C[C@@H]2C)O1. The van der Waals surface area contributed by atoms with E-state index in [1.807, 2.05) is 39.3 Å². The average Bonchev–Trinajstić information content (AvgIpc) is 3.72. The molecule has 1 spiro atoms. The summed E-state index contributed by atoms with van der Waals surface area (Å²) in [5.41, 5.74) is 0.389. The summed E-state index contributed by atoms with van der Waals surface area (Å²) in [6, 6.07) is -0.121. The normalized spacial score (nSPS) is 33.5. The van der Waals surface area contributed by atoms with Gasteiger partial charge in [-0.05, 0) is 51.9 Å². The highest BCUT2D eigenvalue weighted by Gasteiger charge is 2.58. The van der Waals surface area contributed by atoms with E-state index in [9.17, 15) is 19.5 Å². The summed E-state index contributed by atoms with van der Waals surface area (Å²) in [7, 11) is 1.81. The lowest BCUT2D eigenvalue weighted by Gasteiger charge is -2.39. The number of hydrogen-bond donors (Lipinski definition) is 2. The standard InChI is InChI=1S/C32H50N2O8S/c1-20(8-11-27-21(2)16-26(23(4)41-27)33-29(36)13-10-22(3)40-24(5)35)9-12-28-31(38)32(19-39-32)18-25(42-28)17-30(37)34(6)14-15-43-7/h8-10,12-13,21-23,25-28,31,38H,11,14-19H2,1-7H3,(H,33,36)/b12-9+,13-10?,20-8+/t21-,22?,23+,25+,26+,27-,28+,31+,32+/m0/s1. The molecule has 3 heterocycles. The minimum absolute atomic E-state index is 0.00387. The zero-order valence-electron chi connectivity index (χ0n) is 26.6. The van der Waals surface area contributed by atoms with E-state index >= 15 is 0 Å². The Morgan fingerprint density at radius 3 is 2.58 bits per heavy atom. The summed E-state index contributed by atoms with van der Waals surface area (Å²) in [5, 5.41) is 13.9. The van der Waals surface area contributed by atoms with Gasteiger partial charge >= 0.3 is 5.97 Å². The zero-order chi connectivity index (χ0) is 31.7. The second-order valence-electron chi connectivity index (χ2n) is 12.2. The van der Waals surface area contributed by atoms with E-state index in [-0.39, 0.29) is 48.5 Å². The van der Waals surface area contributed by atoms with Gasteiger partial charge in [0.1, 0.15) is 23.9 Å². The van der Waals surface area contributed by atoms with E-state index in [0.717, 1.165) is 17.7 Å². The monoisotopic (exact) mass is 622 g/mol. The third-order valence-electron chi connectivity index (χ3n) is 8.38. The predicted octanol–water partition coefficient (Wildman–Crippen LogP) is 3.18. The first-order chi connectivity index (χ1) is 20.3. The molecule has 0 aromatic rings. The van der Waals surface area contributed by atoms with Crippen LogP contribution >= 0.6 is 11.8 Å². The van der Waals surface area contributed by atoms with Crippen molar-refractivity contribution in [2.75, 3.05) is 32.2 Å². The van der Waals surface area contributed by atoms with Gasteiger partial charge in [0, 0.05) is 38.8 Å². The van der Waals surface area contributed by atoms with Crippen LogP contribution in [0.5, 0.6) is 0 Å². The van der Waals surface area contributed by atoms with E-state index < -0.39 is 29.9 Å². The van der Waals surface area contributed by atoms with Crippen molar-refractivity contribution in [1.82, 2.24) is 10.2 Å². The molecule has 2 N–H and O–H groups in total. The van der Waals surface area contributed by atoms with Crippen LogP contribution in [0.2, 0.25) is 0 Å². The molecule has 3 saturated heterocycles. The number of rotatable bonds is 13. The maximum atomic E-state index is 12.7. The highest BCUT2D eigenvalue weighted by atomic mass is 32.2. The Morgan fingerprint density at radius 1 is 1.21 bits per heavy atom. The Morgan fingerprint density at radius 2 is 1.93 bits per heavy atom. The van der Waals surface area contributed by atoms with Crippen LogP contribution in [0.15, 0.2) is 36.0 Å². The maximum Gasteiger partial charge on any atom is 0.303 e. The number of carbonyl (C=O) groups is 3. The van der Waals surface area contributed by atoms with Gasteiger partial charge in [-0.15, -0.1) is 0 Å². The molecule has 2 amide bonds. The Hall–Kier alpha value is -2.18. The Balaban J connectivity index is 1.50. The number of thioether (sulfide) groups is 1. The van der Waals surface area contributed by atoms with Crippen LogP contribution in [-0.2, 0) is 33.3 Å². The number of ether oxygens (including phenoxy) is 4. The molecule has 11 heteroatoms. The summed E-state index contributed by atoms with van der Waals surface area (Å²) < 4.78 is 23.2. The number of aliphatic hydroxyl groups is 1. The average molecular weight is 623 g/mol. The predicted molar refractivity (Wildman–Crippen MR) is 167 cm³/mol. The van der Waals surface area contributed by atoms with Gasteiger partial charge in [0.05, 0.1) is 37.4 Å². The van der Waals surface area contributed by atoms with Gasteiger partial charge in [-0.25, -0.2) is 0 Å². The third kappa shape index (κ3) is 10.7. The molecule has 43 heavy (non-hydrogen) atoms. The highest BCUT2D eigenvalue weighted by molar-refractivity contribution is 7.98. The van der Waals surface area contributed by atoms with E-state index in [2.05, 4.69) is 18.3 Å². The van der Waals surface area contributed by atoms with Crippen LogP contribution < -0.4 is 5.32 Å². The number of aliphatic hydroxyl groups excluding tert-OH is 1. The highest BCUT2D eigenvalue weighted by Crippen LogP contribution is 2.43. The van der Waals surface area contributed by atoms with E-state index in [4.69, 9.17) is 18.9 Å². The third-order valence-corrected chi connectivity index (χ3v) is 8.97. The van der Waals surface area contributed by atoms with Gasteiger partial charge in [-0.3, -0.25) is 14.4 Å². The van der Waals surface area contributed by atoms with Crippen molar-refractivity contribution in [3.8, 4) is 0 Å². The molecule has 3 aliphatic rings. The fourth-order valence-corrected chi connectivity index (χ4v) is 6.05. The first kappa shape index (κ1) is 35.3. The summed E-state index contributed by atoms with van der Waals surface area (Å²) in [4.78, 5) is 37.9. The minimum atomic E-state index is -0.786. The van der Waals surface area contributed by atoms with Gasteiger partial charge in [0.25, 0.3) is 0 Å². The van der Waals surface area contributed by atoms with E-state index in [1.165, 1.54) is 13.0 Å². The molecule has 1 unspecified atom stereocenters. The molecule has 3 aliphatic heterocycles. The Labute approximate surface area is 260 Å². The number of esters is 1. The number of nitrogens with one attached hydrogen (secondary N) is 1. The van der Waals surface area contributed by atoms with Crippen molar-refractivity contribution in [1.29, 1.82) is 0 Å². The largest absolute Gasteiger partial charge is 0.459 e. The number of nitrogens with zero attached hydrogens (tertiary/aromatic N) is 1. The van der Waals surface area contributed by atoms with Crippen LogP contribution in [-0.4, -0.2) is 108 Å². The van der Waals surface area contributed by atoms with Crippen LogP contribution in [0.25, 0.3) is 0 Å². The van der Waals surface area contributed by atoms with Gasteiger partial charge in [0.2, 0.25) is 11.8 Å². The van der Waals surface area contributed by atoms with Crippen molar-refractivity contribution in [3.63, 3.8) is 0 Å². The van der Waals surface area contributed by atoms with Gasteiger partial charge in [0.15, 0.2) is 0 Å². The summed E-state index contributed by atoms with van der Waals surface area (Å²) >= 11 is 1.70. The molecule has 0 saturated carbocycles. The molecule has 0 aliphatic carbocycles. The van der Waals surface area contributed by atoms with Gasteiger partial charge < -0.3 is 34.3 Å². The number of hydrogen-bond acceptors (Lipinski definition) is 9. The summed E-state index contributed by atoms with van der Waals surface area (Å²) in [5.74, 6) is 0.504. The molecule has 0 bridgehead atoms. The van der Waals surface area contributed by atoms with Gasteiger partial charge in [-0.1, -0.05) is 30.7 Å². The first-order valence-electron chi connectivity index (χ1n) is 15.2. The Bertz CT molecular complexity index is 1060. The fraction of sp³-hybridized carbons (Fsp3) is 0.719. The molecule has 10 nitrogen and oxygen atoms in total. The lowest BCUT2D eigenvalue weighted by atomic mass is 9.87. The van der Waals surface area contributed by atoms with Crippen molar-refractivity contribution in [2.45, 2.75) is 109 Å². The van der Waals surface area contributed by atoms with Crippen LogP contribution in [0.3, 0.4) is 0 Å². The zero-order valence-corrected chi connectivity index (χ0v) is 27.4. The molecule has 0 aromatic heterocycles. The number of carbonyl (C=O) groups excluding carboxylic acids is 3. The molecule has 9 atom stereocenters. The van der Waals surface area contributed by atoms with Crippen molar-refractivity contribution in [3.05, 3.63) is 36.0 Å². The van der Waals surface area contributed by atoms with Crippen LogP contribution in [0.4, 0.5) is 0 Å². The quantitative estimate of drug-likeness (QED) is 0.138. The van der Waals surface area contributed by atoms with Crippen molar-refractivity contribution in [2.24, 2.45) is 5.92 Å². The lowest BCUT2D eigenvalue weighted by molar-refractivity contribution is -0.150. The molecule has 0 aromatic carbocycles. The molecule has 0 radical (unpaired) electrons. The molecular formula is C32H50N2O8S.